The highest BCUT2D eigenvalue weighted by atomic mass is 32.1. The van der Waals surface area contributed by atoms with E-state index in [1.54, 1.807) is 5.38 Å². The van der Waals surface area contributed by atoms with Crippen LogP contribution >= 0.6 is 11.3 Å². The molecule has 5 nitrogen and oxygen atoms in total. The molecule has 2 heterocycles. The summed E-state index contributed by atoms with van der Waals surface area (Å²) in [6.45, 7) is 0. The van der Waals surface area contributed by atoms with Crippen molar-refractivity contribution in [3.8, 4) is 0 Å². The molecule has 1 aromatic carbocycles. The van der Waals surface area contributed by atoms with Gasteiger partial charge in [0, 0.05) is 12.1 Å². The number of nitrogens with one attached hydrogen (secondary N) is 2. The number of benzene rings is 1. The maximum atomic E-state index is 12.9. The predicted octanol–water partition coefficient (Wildman–Crippen LogP) is 1.29. The third kappa shape index (κ3) is 2.58. The van der Waals surface area contributed by atoms with Crippen LogP contribution in [0.15, 0.2) is 47.5 Å². The second-order valence-electron chi connectivity index (χ2n) is 4.76. The van der Waals surface area contributed by atoms with Crippen molar-refractivity contribution in [1.82, 2.24) is 0 Å². The lowest BCUT2D eigenvalue weighted by Gasteiger charge is -2.35. The van der Waals surface area contributed by atoms with Gasteiger partial charge in [0.1, 0.15) is 0 Å². The molecule has 9 heteroatoms. The van der Waals surface area contributed by atoms with Crippen LogP contribution in [0.2, 0.25) is 0 Å². The molecule has 0 amide bonds. The van der Waals surface area contributed by atoms with Gasteiger partial charge in [-0.05, 0) is 11.4 Å². The molecule has 2 atom stereocenters. The Morgan fingerprint density at radius 2 is 1.61 bits per heavy atom. The number of hydrogen-bond donors (Lipinski definition) is 2. The highest BCUT2D eigenvalue weighted by Crippen LogP contribution is 2.29. The first-order valence-corrected chi connectivity index (χ1v) is 7.28. The van der Waals surface area contributed by atoms with Crippen molar-refractivity contribution in [3.05, 3.63) is 62.8 Å². The van der Waals surface area contributed by atoms with Gasteiger partial charge < -0.3 is 10.4 Å². The monoisotopic (exact) mass is 342 g/mol. The molecule has 1 aliphatic heterocycles. The fourth-order valence-corrected chi connectivity index (χ4v) is 3.16. The SMILES string of the molecule is O=C(C1=C(c2cccs2)[NH+]([O-])c2ccccc2[NH+]1[O-])C(F)(F)F. The van der Waals surface area contributed by atoms with E-state index in [4.69, 9.17) is 0 Å². The first-order valence-electron chi connectivity index (χ1n) is 6.40. The number of thiophene rings is 1. The van der Waals surface area contributed by atoms with Gasteiger partial charge in [-0.3, -0.25) is 14.9 Å². The molecule has 0 bridgehead atoms. The van der Waals surface area contributed by atoms with Gasteiger partial charge in [0.05, 0.1) is 4.88 Å². The van der Waals surface area contributed by atoms with Crippen molar-refractivity contribution >= 4 is 34.2 Å². The highest BCUT2D eigenvalue weighted by molar-refractivity contribution is 7.11. The first-order chi connectivity index (χ1) is 10.8. The molecule has 2 N–H and O–H groups in total. The number of rotatable bonds is 2. The van der Waals surface area contributed by atoms with Gasteiger partial charge >= 0.3 is 12.0 Å². The van der Waals surface area contributed by atoms with Gasteiger partial charge in [-0.1, -0.05) is 18.2 Å². The molecule has 2 unspecified atom stereocenters. The Hall–Kier alpha value is -2.04. The number of hydroxylamine groups is 2. The van der Waals surface area contributed by atoms with E-state index in [9.17, 15) is 28.4 Å². The Labute approximate surface area is 132 Å². The van der Waals surface area contributed by atoms with Crippen LogP contribution in [0.5, 0.6) is 0 Å². The van der Waals surface area contributed by atoms with E-state index >= 15 is 0 Å². The molecule has 3 rings (SSSR count). The highest BCUT2D eigenvalue weighted by Gasteiger charge is 2.50. The van der Waals surface area contributed by atoms with Gasteiger partial charge in [0.15, 0.2) is 11.4 Å². The zero-order valence-electron chi connectivity index (χ0n) is 11.3. The number of para-hydroxylation sites is 2. The average molecular weight is 342 g/mol. The smallest absolute Gasteiger partial charge is 0.460 e. The first kappa shape index (κ1) is 15.8. The molecule has 1 aromatic heterocycles. The summed E-state index contributed by atoms with van der Waals surface area (Å²) in [4.78, 5) is 11.9. The molecule has 0 saturated heterocycles. The number of alkyl halides is 3. The number of fused-ring (bicyclic) bond motifs is 1. The van der Waals surface area contributed by atoms with Crippen molar-refractivity contribution in [1.29, 1.82) is 0 Å². The zero-order chi connectivity index (χ0) is 16.8. The Kier molecular flexibility index (Phi) is 3.82. The largest absolute Gasteiger partial charge is 0.623 e. The van der Waals surface area contributed by atoms with E-state index < -0.39 is 33.5 Å². The number of Topliss-reactive ketones (excluding diaryl/α,β-unsaturated/α-hetero) is 1. The second-order valence-corrected chi connectivity index (χ2v) is 5.71. The average Bonchev–Trinajstić information content (AvgIpc) is 3.03. The molecular formula is C14H9F3N2O3S. The standard InChI is InChI=1S/C14H9F3N2O3S/c15-14(16,17)13(20)12-11(10-6-3-7-23-10)18(21)8-4-1-2-5-9(8)19(12)22/h1-7,18-19H. The quantitative estimate of drug-likeness (QED) is 0.808. The lowest BCUT2D eigenvalue weighted by atomic mass is 10.1. The molecule has 0 fully saturated rings. The predicted molar refractivity (Wildman–Crippen MR) is 76.7 cm³/mol. The number of allylic oxidation sites excluding steroid dienone is 1. The van der Waals surface area contributed by atoms with Gasteiger partial charge in [-0.2, -0.15) is 13.2 Å². The fourth-order valence-electron chi connectivity index (χ4n) is 2.39. The molecule has 1 aliphatic rings. The molecular weight excluding hydrogens is 333 g/mol. The van der Waals surface area contributed by atoms with E-state index in [1.165, 1.54) is 36.4 Å². The van der Waals surface area contributed by atoms with Crippen LogP contribution in [0.25, 0.3) is 5.70 Å². The van der Waals surface area contributed by atoms with Crippen molar-refractivity contribution in [2.45, 2.75) is 6.18 Å². The molecule has 0 spiro atoms. The zero-order valence-corrected chi connectivity index (χ0v) is 12.1. The van der Waals surface area contributed by atoms with Gasteiger partial charge in [0.25, 0.3) is 5.70 Å². The van der Waals surface area contributed by atoms with E-state index in [-0.39, 0.29) is 16.3 Å². The third-order valence-electron chi connectivity index (χ3n) is 3.37. The Bertz CT molecular complexity index is 787. The number of carbonyl (C=O) groups is 1. The minimum Gasteiger partial charge on any atom is -0.623 e. The van der Waals surface area contributed by atoms with Crippen LogP contribution < -0.4 is 10.1 Å². The lowest BCUT2D eigenvalue weighted by Crippen LogP contribution is -3.11. The summed E-state index contributed by atoms with van der Waals surface area (Å²) < 4.78 is 38.6. The summed E-state index contributed by atoms with van der Waals surface area (Å²) in [5, 5.41) is 24.7. The van der Waals surface area contributed by atoms with E-state index in [0.29, 0.717) is 0 Å². The Morgan fingerprint density at radius 1 is 1.00 bits per heavy atom. The van der Waals surface area contributed by atoms with Crippen molar-refractivity contribution in [2.24, 2.45) is 0 Å². The van der Waals surface area contributed by atoms with Gasteiger partial charge in [0.2, 0.25) is 5.70 Å². The fraction of sp³-hybridized carbons (Fsp3) is 0.0714. The van der Waals surface area contributed by atoms with Crippen LogP contribution in [0.4, 0.5) is 24.5 Å². The number of hydrogen-bond acceptors (Lipinski definition) is 4. The minimum atomic E-state index is -5.24. The summed E-state index contributed by atoms with van der Waals surface area (Å²) >= 11 is 0.991. The van der Waals surface area contributed by atoms with Crippen LogP contribution in [-0.2, 0) is 4.79 Å². The molecule has 0 radical (unpaired) electrons. The van der Waals surface area contributed by atoms with Gasteiger partial charge in [-0.15, -0.1) is 11.3 Å². The second kappa shape index (κ2) is 5.55. The van der Waals surface area contributed by atoms with Crippen LogP contribution in [0.1, 0.15) is 4.88 Å². The minimum absolute atomic E-state index is 0.000348. The number of carbonyl (C=O) groups excluding carboxylic acids is 1. The van der Waals surface area contributed by atoms with Crippen molar-refractivity contribution in [2.75, 3.05) is 0 Å². The molecule has 2 aromatic rings. The topological polar surface area (TPSA) is 72.1 Å². The summed E-state index contributed by atoms with van der Waals surface area (Å²) in [5.41, 5.74) is -1.78. The maximum Gasteiger partial charge on any atom is 0.460 e. The number of halogens is 3. The van der Waals surface area contributed by atoms with E-state index in [0.717, 1.165) is 11.3 Å². The van der Waals surface area contributed by atoms with Crippen LogP contribution in [-0.4, -0.2) is 12.0 Å². The van der Waals surface area contributed by atoms with E-state index in [1.807, 2.05) is 0 Å². The molecule has 0 aliphatic carbocycles. The molecule has 23 heavy (non-hydrogen) atoms. The molecule has 120 valence electrons. The molecule has 0 saturated carbocycles. The van der Waals surface area contributed by atoms with Crippen molar-refractivity contribution < 1.29 is 28.1 Å². The summed E-state index contributed by atoms with van der Waals surface area (Å²) in [6.07, 6.45) is -5.24. The summed E-state index contributed by atoms with van der Waals surface area (Å²) in [7, 11) is 0. The van der Waals surface area contributed by atoms with Crippen LogP contribution in [0, 0.1) is 10.4 Å². The van der Waals surface area contributed by atoms with Gasteiger partial charge in [-0.25, -0.2) is 0 Å². The Morgan fingerprint density at radius 3 is 2.13 bits per heavy atom. The van der Waals surface area contributed by atoms with Crippen molar-refractivity contribution in [3.63, 3.8) is 0 Å². The van der Waals surface area contributed by atoms with E-state index in [2.05, 4.69) is 0 Å². The maximum absolute atomic E-state index is 12.9. The third-order valence-corrected chi connectivity index (χ3v) is 4.26. The summed E-state index contributed by atoms with van der Waals surface area (Å²) in [6, 6.07) is 8.47. The lowest BCUT2D eigenvalue weighted by molar-refractivity contribution is -0.772. The normalized spacial score (nSPS) is 21.3. The van der Waals surface area contributed by atoms with Crippen LogP contribution in [0.3, 0.4) is 0 Å². The number of ketones is 1. The summed E-state index contributed by atoms with van der Waals surface area (Å²) in [5.74, 6) is -2.30. The Balaban J connectivity index is 2.28. The number of quaternary nitrogens is 2.